The second-order valence-electron chi connectivity index (χ2n) is 11.0. The van der Waals surface area contributed by atoms with Gasteiger partial charge in [0, 0.05) is 16.0 Å². The summed E-state index contributed by atoms with van der Waals surface area (Å²) in [6, 6.07) is 10.6. The number of fused-ring (bicyclic) bond motifs is 3. The largest absolute Gasteiger partial charge is 0.484 e. The zero-order valence-electron chi connectivity index (χ0n) is 26.9. The van der Waals surface area contributed by atoms with E-state index in [1.54, 1.807) is 19.9 Å². The fourth-order valence-corrected chi connectivity index (χ4v) is 10.7. The summed E-state index contributed by atoms with van der Waals surface area (Å²) in [6.07, 6.45) is 0. The van der Waals surface area contributed by atoms with Crippen LogP contribution in [-0.4, -0.2) is 74.4 Å². The molecule has 2 aromatic rings. The molecule has 0 fully saturated rings. The van der Waals surface area contributed by atoms with Crippen LogP contribution in [0.5, 0.6) is 5.75 Å². The number of carbonyl (C=O) groups is 5. The first-order valence-electron chi connectivity index (χ1n) is 14.2. The number of benzene rings is 2. The molecule has 0 N–H and O–H groups in total. The van der Waals surface area contributed by atoms with E-state index in [-0.39, 0.29) is 26.0 Å². The third kappa shape index (κ3) is 5.77. The lowest BCUT2D eigenvalue weighted by Gasteiger charge is -2.50. The number of aryl methyl sites for hydroxylation is 1. The summed E-state index contributed by atoms with van der Waals surface area (Å²) in [5.74, 6) is -4.13. The molecule has 0 unspecified atom stereocenters. The molecule has 3 aliphatic rings. The maximum atomic E-state index is 14.1. The fraction of sp³-hybridized carbons (Fsp3) is 0.303. The van der Waals surface area contributed by atoms with E-state index in [4.69, 9.17) is 23.7 Å². The molecule has 3 heterocycles. The van der Waals surface area contributed by atoms with Crippen molar-refractivity contribution in [3.05, 3.63) is 84.6 Å². The third-order valence-electron chi connectivity index (χ3n) is 7.72. The zero-order chi connectivity index (χ0) is 35.1. The van der Waals surface area contributed by atoms with Crippen LogP contribution in [0.3, 0.4) is 0 Å². The van der Waals surface area contributed by atoms with E-state index in [1.807, 2.05) is 19.1 Å². The number of carbonyl (C=O) groups excluding carboxylic acids is 5. The molecule has 3 aliphatic heterocycles. The molecule has 0 aromatic heterocycles. The standard InChI is InChI=1S/C33H30FNO10S3/c1-16-8-13-20-19(14-16)22-27(32(2,3)35(20)21(36)15-45-18-11-9-17(34)10-12-18)46-24(29(38)42-5)23(28(37)41-4)33(22)47-25(30(39)43-6)26(48-33)31(40)44-7/h8-14H,15H2,1-7H3. The Morgan fingerprint density at radius 1 is 0.771 bits per heavy atom. The van der Waals surface area contributed by atoms with Crippen molar-refractivity contribution in [2.75, 3.05) is 39.9 Å². The number of anilines is 1. The smallest absolute Gasteiger partial charge is 0.345 e. The quantitative estimate of drug-likeness (QED) is 0.277. The minimum absolute atomic E-state index is 0.142. The van der Waals surface area contributed by atoms with Gasteiger partial charge in [-0.25, -0.2) is 23.6 Å². The number of ether oxygens (including phenoxy) is 5. The Morgan fingerprint density at radius 2 is 1.31 bits per heavy atom. The average molecular weight is 716 g/mol. The summed E-state index contributed by atoms with van der Waals surface area (Å²) in [4.78, 5) is 69.3. The van der Waals surface area contributed by atoms with E-state index in [0.717, 1.165) is 69.3 Å². The van der Waals surface area contributed by atoms with Crippen molar-refractivity contribution in [1.82, 2.24) is 0 Å². The molecule has 0 radical (unpaired) electrons. The van der Waals surface area contributed by atoms with Crippen LogP contribution in [0.2, 0.25) is 0 Å². The normalized spacial score (nSPS) is 17.5. The van der Waals surface area contributed by atoms with Crippen molar-refractivity contribution < 1.29 is 52.0 Å². The van der Waals surface area contributed by atoms with Gasteiger partial charge in [0.2, 0.25) is 0 Å². The van der Waals surface area contributed by atoms with Crippen LogP contribution in [0.4, 0.5) is 10.1 Å². The van der Waals surface area contributed by atoms with Crippen molar-refractivity contribution in [2.45, 2.75) is 30.4 Å². The van der Waals surface area contributed by atoms with Gasteiger partial charge in [-0.2, -0.15) is 0 Å². The molecule has 0 aliphatic carbocycles. The summed E-state index contributed by atoms with van der Waals surface area (Å²) in [5.41, 5.74) is 0.796. The second kappa shape index (κ2) is 13.4. The van der Waals surface area contributed by atoms with Gasteiger partial charge >= 0.3 is 23.9 Å². The number of halogens is 1. The number of hydrogen-bond acceptors (Lipinski definition) is 13. The highest BCUT2D eigenvalue weighted by Crippen LogP contribution is 2.71. The number of nitrogens with zero attached hydrogens (tertiary/aromatic N) is 1. The zero-order valence-corrected chi connectivity index (χ0v) is 29.3. The Hall–Kier alpha value is -4.21. The Bertz CT molecular complexity index is 1820. The molecule has 11 nitrogen and oxygen atoms in total. The lowest BCUT2D eigenvalue weighted by Crippen LogP contribution is -2.55. The third-order valence-corrected chi connectivity index (χ3v) is 12.4. The molecule has 0 saturated carbocycles. The van der Waals surface area contributed by atoms with Gasteiger partial charge in [-0.1, -0.05) is 46.9 Å². The Morgan fingerprint density at radius 3 is 1.85 bits per heavy atom. The van der Waals surface area contributed by atoms with Crippen LogP contribution in [0.1, 0.15) is 25.0 Å². The molecule has 5 rings (SSSR count). The lowest BCUT2D eigenvalue weighted by atomic mass is 9.83. The minimum atomic E-state index is -1.69. The van der Waals surface area contributed by atoms with Gasteiger partial charge in [0.1, 0.15) is 30.4 Å². The summed E-state index contributed by atoms with van der Waals surface area (Å²) < 4.78 is 37.9. The maximum Gasteiger partial charge on any atom is 0.345 e. The van der Waals surface area contributed by atoms with E-state index in [2.05, 4.69) is 0 Å². The minimum Gasteiger partial charge on any atom is -0.484 e. The topological polar surface area (TPSA) is 135 Å². The van der Waals surface area contributed by atoms with Crippen LogP contribution in [-0.2, 0) is 42.9 Å². The number of rotatable bonds is 7. The Kier molecular flexibility index (Phi) is 9.77. The van der Waals surface area contributed by atoms with Crippen LogP contribution < -0.4 is 9.64 Å². The van der Waals surface area contributed by atoms with Crippen molar-refractivity contribution in [1.29, 1.82) is 0 Å². The molecule has 1 spiro atoms. The first-order valence-corrected chi connectivity index (χ1v) is 16.7. The molecule has 0 bridgehead atoms. The summed E-state index contributed by atoms with van der Waals surface area (Å²) >= 11 is 2.63. The van der Waals surface area contributed by atoms with Gasteiger partial charge in [0.15, 0.2) is 6.61 Å². The van der Waals surface area contributed by atoms with E-state index >= 15 is 0 Å². The highest BCUT2D eigenvalue weighted by atomic mass is 32.2. The Balaban J connectivity index is 1.78. The average Bonchev–Trinajstić information content (AvgIpc) is 3.46. The van der Waals surface area contributed by atoms with Crippen molar-refractivity contribution in [3.8, 4) is 5.75 Å². The summed E-state index contributed by atoms with van der Waals surface area (Å²) in [6.45, 7) is 4.95. The molecule has 252 valence electrons. The number of esters is 4. The number of amides is 1. The van der Waals surface area contributed by atoms with Crippen molar-refractivity contribution >= 4 is 76.3 Å². The predicted molar refractivity (Wildman–Crippen MR) is 179 cm³/mol. The highest BCUT2D eigenvalue weighted by Gasteiger charge is 2.61. The Labute approximate surface area is 288 Å². The second-order valence-corrected chi connectivity index (χ2v) is 14.7. The molecular formula is C33H30FNO10S3. The van der Waals surface area contributed by atoms with E-state index in [1.165, 1.54) is 29.2 Å². The SMILES string of the molecule is COC(=O)C1=C(C(=O)OC)SC2(S1)C(C(=O)OC)=C(C(=O)OC)SC1=C2c2cc(C)ccc2N(C(=O)COc2ccc(F)cc2)C1(C)C. The van der Waals surface area contributed by atoms with Gasteiger partial charge in [0.25, 0.3) is 5.91 Å². The maximum absolute atomic E-state index is 14.1. The van der Waals surface area contributed by atoms with Crippen molar-refractivity contribution in [2.24, 2.45) is 0 Å². The van der Waals surface area contributed by atoms with Gasteiger partial charge in [0.05, 0.1) is 45.2 Å². The molecule has 48 heavy (non-hydrogen) atoms. The molecule has 15 heteroatoms. The highest BCUT2D eigenvalue weighted by molar-refractivity contribution is 8.26. The van der Waals surface area contributed by atoms with Crippen molar-refractivity contribution in [3.63, 3.8) is 0 Å². The monoisotopic (exact) mass is 715 g/mol. The number of methoxy groups -OCH3 is 4. The summed E-state index contributed by atoms with van der Waals surface area (Å²) in [7, 11) is 4.61. The van der Waals surface area contributed by atoms with E-state index < -0.39 is 51.8 Å². The van der Waals surface area contributed by atoms with Crippen LogP contribution in [0, 0.1) is 12.7 Å². The molecular weight excluding hydrogens is 686 g/mol. The summed E-state index contributed by atoms with van der Waals surface area (Å²) in [5, 5.41) is 0. The van der Waals surface area contributed by atoms with Gasteiger partial charge in [-0.3, -0.25) is 9.69 Å². The van der Waals surface area contributed by atoms with Crippen LogP contribution in [0.25, 0.3) is 5.57 Å². The van der Waals surface area contributed by atoms with Crippen LogP contribution in [0.15, 0.2) is 67.7 Å². The number of thioether (sulfide) groups is 3. The van der Waals surface area contributed by atoms with Gasteiger partial charge in [-0.15, -0.1) is 0 Å². The van der Waals surface area contributed by atoms with Gasteiger partial charge in [-0.05, 0) is 57.2 Å². The first-order chi connectivity index (χ1) is 22.7. The fourth-order valence-electron chi connectivity index (χ4n) is 5.62. The molecule has 0 saturated heterocycles. The molecule has 2 aromatic carbocycles. The van der Waals surface area contributed by atoms with Gasteiger partial charge < -0.3 is 23.7 Å². The molecule has 0 atom stereocenters. The van der Waals surface area contributed by atoms with Crippen LogP contribution >= 0.6 is 35.3 Å². The molecule has 1 amide bonds. The predicted octanol–water partition coefficient (Wildman–Crippen LogP) is 5.13. The number of hydrogen-bond donors (Lipinski definition) is 0. The first kappa shape index (κ1) is 35.1. The van der Waals surface area contributed by atoms with E-state index in [9.17, 15) is 28.4 Å². The lowest BCUT2D eigenvalue weighted by molar-refractivity contribution is -0.138. The van der Waals surface area contributed by atoms with E-state index in [0.29, 0.717) is 21.7 Å².